The number of halogens is 1. The van der Waals surface area contributed by atoms with Crippen LogP contribution in [0.25, 0.3) is 0 Å². The lowest BCUT2D eigenvalue weighted by atomic mass is 10.1. The molecule has 176 valence electrons. The number of hydrogen-bond donors (Lipinski definition) is 3. The second-order valence-corrected chi connectivity index (χ2v) is 8.54. The average Bonchev–Trinajstić information content (AvgIpc) is 3.24. The molecular weight excluding hydrogens is 432 g/mol. The van der Waals surface area contributed by atoms with Crippen LogP contribution < -0.4 is 16.4 Å². The summed E-state index contributed by atoms with van der Waals surface area (Å²) in [5.74, 6) is -0.328. The third kappa shape index (κ3) is 6.38. The van der Waals surface area contributed by atoms with E-state index < -0.39 is 18.0 Å². The molecule has 3 amide bonds. The monoisotopic (exact) mass is 464 g/mol. The highest BCUT2D eigenvalue weighted by Crippen LogP contribution is 2.21. The largest absolute Gasteiger partial charge is 0.494 e. The molecule has 1 saturated heterocycles. The van der Waals surface area contributed by atoms with Crippen molar-refractivity contribution in [2.24, 2.45) is 0 Å². The average molecular weight is 465 g/mol. The Balaban J connectivity index is 1.98. The molecule has 4 N–H and O–H groups in total. The van der Waals surface area contributed by atoms with Crippen molar-refractivity contribution in [3.8, 4) is 0 Å². The molecule has 1 aromatic carbocycles. The minimum absolute atomic E-state index is 0.232. The van der Waals surface area contributed by atoms with Crippen LogP contribution in [0.2, 0.25) is 5.02 Å². The van der Waals surface area contributed by atoms with Gasteiger partial charge in [0.15, 0.2) is 0 Å². The summed E-state index contributed by atoms with van der Waals surface area (Å²) in [6, 6.07) is 2.88. The number of amides is 3. The first kappa shape index (κ1) is 25.5. The molecule has 1 aliphatic rings. The predicted molar refractivity (Wildman–Crippen MR) is 125 cm³/mol. The van der Waals surface area contributed by atoms with Crippen LogP contribution in [-0.4, -0.2) is 53.4 Å². The van der Waals surface area contributed by atoms with Gasteiger partial charge in [-0.25, -0.2) is 0 Å². The van der Waals surface area contributed by atoms with Crippen LogP contribution in [0, 0.1) is 0 Å². The van der Waals surface area contributed by atoms with Crippen molar-refractivity contribution in [3.63, 3.8) is 0 Å². The fourth-order valence-electron chi connectivity index (χ4n) is 3.45. The molecule has 0 aromatic heterocycles. The van der Waals surface area contributed by atoms with Crippen LogP contribution in [-0.2, 0) is 14.3 Å². The third-order valence-corrected chi connectivity index (χ3v) is 5.97. The van der Waals surface area contributed by atoms with Crippen LogP contribution in [0.5, 0.6) is 0 Å². The number of ether oxygens (including phenoxy) is 1. The summed E-state index contributed by atoms with van der Waals surface area (Å²) in [5, 5.41) is 5.88. The fourth-order valence-corrected chi connectivity index (χ4v) is 3.63. The molecule has 2 rings (SSSR count). The summed E-state index contributed by atoms with van der Waals surface area (Å²) in [6.45, 7) is 11.5. The Morgan fingerprint density at radius 3 is 2.59 bits per heavy atom. The maximum absolute atomic E-state index is 13.0. The number of nitrogens with one attached hydrogen (secondary N) is 2. The van der Waals surface area contributed by atoms with Gasteiger partial charge in [-0.05, 0) is 51.8 Å². The van der Waals surface area contributed by atoms with Crippen molar-refractivity contribution >= 4 is 35.0 Å². The Hall–Kier alpha value is -2.74. The number of nitrogens with zero attached hydrogens (tertiary/aromatic N) is 1. The summed E-state index contributed by atoms with van der Waals surface area (Å²) in [5.41, 5.74) is 6.34. The molecule has 32 heavy (non-hydrogen) atoms. The van der Waals surface area contributed by atoms with Gasteiger partial charge in [0.1, 0.15) is 18.2 Å². The van der Waals surface area contributed by atoms with E-state index in [-0.39, 0.29) is 29.0 Å². The standard InChI is InChI=1S/C23H33ClN4O4/c1-6-13(2)32-16(5)14(3)26-22(30)20-8-7-11-28(20)23(31)15(4)27-21(29)17-9-10-19(25)18(24)12-17/h9-10,12,14-16,20H,2,6-8,11,25H2,1,3-5H3,(H,26,30)(H,27,29). The van der Waals surface area contributed by atoms with E-state index >= 15 is 0 Å². The molecule has 4 atom stereocenters. The van der Waals surface area contributed by atoms with Crippen LogP contribution in [0.15, 0.2) is 30.5 Å². The van der Waals surface area contributed by atoms with Gasteiger partial charge in [-0.3, -0.25) is 14.4 Å². The first-order valence-electron chi connectivity index (χ1n) is 10.9. The molecule has 1 aliphatic heterocycles. The zero-order valence-electron chi connectivity index (χ0n) is 19.1. The first-order valence-corrected chi connectivity index (χ1v) is 11.2. The second kappa shape index (κ2) is 11.2. The van der Waals surface area contributed by atoms with Crippen molar-refractivity contribution in [1.29, 1.82) is 0 Å². The minimum atomic E-state index is -0.806. The lowest BCUT2D eigenvalue weighted by Crippen LogP contribution is -2.54. The number of benzene rings is 1. The molecule has 8 nitrogen and oxygen atoms in total. The maximum atomic E-state index is 13.0. The van der Waals surface area contributed by atoms with Crippen molar-refractivity contribution < 1.29 is 19.1 Å². The highest BCUT2D eigenvalue weighted by Gasteiger charge is 2.37. The van der Waals surface area contributed by atoms with Crippen molar-refractivity contribution in [2.75, 3.05) is 12.3 Å². The highest BCUT2D eigenvalue weighted by atomic mass is 35.5. The topological polar surface area (TPSA) is 114 Å². The Bertz CT molecular complexity index is 876. The van der Waals surface area contributed by atoms with E-state index in [9.17, 15) is 14.4 Å². The SMILES string of the molecule is C=C(CC)OC(C)C(C)NC(=O)C1CCCN1C(=O)C(C)NC(=O)c1ccc(N)c(Cl)c1. The smallest absolute Gasteiger partial charge is 0.251 e. The number of nitrogen functional groups attached to an aromatic ring is 1. The van der Waals surface area contributed by atoms with E-state index in [1.54, 1.807) is 6.92 Å². The zero-order chi connectivity index (χ0) is 24.0. The Morgan fingerprint density at radius 2 is 1.97 bits per heavy atom. The summed E-state index contributed by atoms with van der Waals surface area (Å²) >= 11 is 5.98. The number of allylic oxidation sites excluding steroid dienone is 1. The maximum Gasteiger partial charge on any atom is 0.251 e. The van der Waals surface area contributed by atoms with Gasteiger partial charge in [0.05, 0.1) is 22.5 Å². The number of rotatable bonds is 9. The van der Waals surface area contributed by atoms with Gasteiger partial charge in [0, 0.05) is 18.5 Å². The van der Waals surface area contributed by atoms with Gasteiger partial charge in [-0.1, -0.05) is 25.1 Å². The quantitative estimate of drug-likeness (QED) is 0.384. The van der Waals surface area contributed by atoms with Crippen molar-refractivity contribution in [1.82, 2.24) is 15.5 Å². The van der Waals surface area contributed by atoms with E-state index in [1.807, 2.05) is 20.8 Å². The van der Waals surface area contributed by atoms with Crippen molar-refractivity contribution in [3.05, 3.63) is 41.1 Å². The molecule has 1 heterocycles. The van der Waals surface area contributed by atoms with Gasteiger partial charge < -0.3 is 26.0 Å². The Kier molecular flexibility index (Phi) is 8.95. The molecular formula is C23H33ClN4O4. The normalized spacial score (nSPS) is 18.4. The van der Waals surface area contributed by atoms with E-state index in [4.69, 9.17) is 22.1 Å². The van der Waals surface area contributed by atoms with Gasteiger partial charge in [-0.15, -0.1) is 0 Å². The predicted octanol–water partition coefficient (Wildman–Crippen LogP) is 2.87. The lowest BCUT2D eigenvalue weighted by molar-refractivity contribution is -0.140. The summed E-state index contributed by atoms with van der Waals surface area (Å²) in [7, 11) is 0. The second-order valence-electron chi connectivity index (χ2n) is 8.13. The molecule has 0 saturated carbocycles. The van der Waals surface area contributed by atoms with E-state index in [0.29, 0.717) is 42.8 Å². The summed E-state index contributed by atoms with van der Waals surface area (Å²) < 4.78 is 5.68. The lowest BCUT2D eigenvalue weighted by Gasteiger charge is -2.29. The van der Waals surface area contributed by atoms with E-state index in [2.05, 4.69) is 17.2 Å². The number of nitrogens with two attached hydrogens (primary N) is 1. The van der Waals surface area contributed by atoms with Gasteiger partial charge in [0.25, 0.3) is 5.91 Å². The van der Waals surface area contributed by atoms with Crippen LogP contribution in [0.3, 0.4) is 0 Å². The number of carbonyl (C=O) groups excluding carboxylic acids is 3. The number of likely N-dealkylation sites (tertiary alicyclic amines) is 1. The molecule has 4 unspecified atom stereocenters. The molecule has 0 spiro atoms. The fraction of sp³-hybridized carbons (Fsp3) is 0.522. The summed E-state index contributed by atoms with van der Waals surface area (Å²) in [4.78, 5) is 39.9. The van der Waals surface area contributed by atoms with Crippen LogP contribution >= 0.6 is 11.6 Å². The van der Waals surface area contributed by atoms with Crippen molar-refractivity contribution in [2.45, 2.75) is 71.2 Å². The molecule has 1 fully saturated rings. The van der Waals surface area contributed by atoms with E-state index in [0.717, 1.165) is 0 Å². The molecule has 1 aromatic rings. The van der Waals surface area contributed by atoms with Gasteiger partial charge in [-0.2, -0.15) is 0 Å². The third-order valence-electron chi connectivity index (χ3n) is 5.64. The van der Waals surface area contributed by atoms with Crippen LogP contribution in [0.4, 0.5) is 5.69 Å². The zero-order valence-corrected chi connectivity index (χ0v) is 19.9. The van der Waals surface area contributed by atoms with Gasteiger partial charge >= 0.3 is 0 Å². The van der Waals surface area contributed by atoms with Gasteiger partial charge in [0.2, 0.25) is 11.8 Å². The Morgan fingerprint density at radius 1 is 1.28 bits per heavy atom. The molecule has 0 aliphatic carbocycles. The molecule has 0 radical (unpaired) electrons. The highest BCUT2D eigenvalue weighted by molar-refractivity contribution is 6.33. The first-order chi connectivity index (χ1) is 15.0. The van der Waals surface area contributed by atoms with Crippen LogP contribution in [0.1, 0.15) is 57.3 Å². The molecule has 9 heteroatoms. The number of hydrogen-bond acceptors (Lipinski definition) is 5. The summed E-state index contributed by atoms with van der Waals surface area (Å²) in [6.07, 6.45) is 1.73. The molecule has 0 bridgehead atoms. The number of anilines is 1. The Labute approximate surface area is 194 Å². The van der Waals surface area contributed by atoms with E-state index in [1.165, 1.54) is 23.1 Å². The minimum Gasteiger partial charge on any atom is -0.494 e. The number of carbonyl (C=O) groups is 3.